The average Bonchev–Trinajstić information content (AvgIpc) is 3.23. The van der Waals surface area contributed by atoms with Crippen molar-refractivity contribution < 1.29 is 23.8 Å². The summed E-state index contributed by atoms with van der Waals surface area (Å²) in [5, 5.41) is 11.3. The number of carboxylic acid groups (broad SMARTS) is 1. The van der Waals surface area contributed by atoms with Crippen LogP contribution in [0.1, 0.15) is 23.2 Å². The van der Waals surface area contributed by atoms with Crippen molar-refractivity contribution in [3.8, 4) is 0 Å². The van der Waals surface area contributed by atoms with E-state index in [1.807, 2.05) is 0 Å². The van der Waals surface area contributed by atoms with Crippen molar-refractivity contribution >= 4 is 17.7 Å². The largest absolute Gasteiger partial charge is 0.478 e. The Morgan fingerprint density at radius 3 is 2.71 bits per heavy atom. The molecule has 7 heteroatoms. The maximum Gasteiger partial charge on any atom is 0.338 e. The van der Waals surface area contributed by atoms with Gasteiger partial charge in [0.2, 0.25) is 0 Å². The Morgan fingerprint density at radius 2 is 2.19 bits per heavy atom. The normalized spacial score (nSPS) is 13.8. The summed E-state index contributed by atoms with van der Waals surface area (Å²) >= 11 is 0. The predicted molar refractivity (Wildman–Crippen MR) is 74.0 cm³/mol. The monoisotopic (exact) mass is 296 g/mol. The SMILES string of the molecule is COCCN(C(=O)Nc1ccc(C(=O)O)c(F)c1)C1CC1. The highest BCUT2D eigenvalue weighted by Gasteiger charge is 2.32. The van der Waals surface area contributed by atoms with E-state index in [0.29, 0.717) is 13.2 Å². The van der Waals surface area contributed by atoms with Crippen molar-refractivity contribution in [2.24, 2.45) is 0 Å². The number of anilines is 1. The highest BCUT2D eigenvalue weighted by atomic mass is 19.1. The third-order valence-corrected chi connectivity index (χ3v) is 3.24. The molecule has 1 saturated carbocycles. The van der Waals surface area contributed by atoms with Gasteiger partial charge in [-0.2, -0.15) is 0 Å². The van der Waals surface area contributed by atoms with Crippen molar-refractivity contribution in [2.45, 2.75) is 18.9 Å². The number of benzene rings is 1. The molecule has 6 nitrogen and oxygen atoms in total. The standard InChI is InChI=1S/C14H17FN2O4/c1-21-7-6-17(10-3-4-10)14(20)16-9-2-5-11(13(18)19)12(15)8-9/h2,5,8,10H,3-4,6-7H2,1H3,(H,16,20)(H,18,19). The third kappa shape index (κ3) is 3.91. The predicted octanol–water partition coefficient (Wildman–Crippen LogP) is 2.17. The number of hydrogen-bond donors (Lipinski definition) is 2. The molecule has 0 spiro atoms. The highest BCUT2D eigenvalue weighted by Crippen LogP contribution is 2.27. The van der Waals surface area contributed by atoms with Gasteiger partial charge in [-0.25, -0.2) is 14.0 Å². The molecule has 1 aromatic carbocycles. The van der Waals surface area contributed by atoms with Gasteiger partial charge in [0, 0.05) is 25.4 Å². The summed E-state index contributed by atoms with van der Waals surface area (Å²) in [7, 11) is 1.56. The fourth-order valence-electron chi connectivity index (χ4n) is 1.99. The van der Waals surface area contributed by atoms with Crippen molar-refractivity contribution in [1.29, 1.82) is 0 Å². The first-order valence-electron chi connectivity index (χ1n) is 6.62. The van der Waals surface area contributed by atoms with Gasteiger partial charge in [-0.3, -0.25) is 0 Å². The van der Waals surface area contributed by atoms with E-state index in [1.165, 1.54) is 6.07 Å². The summed E-state index contributed by atoms with van der Waals surface area (Å²) in [4.78, 5) is 24.5. The van der Waals surface area contributed by atoms with Gasteiger partial charge in [-0.1, -0.05) is 0 Å². The number of amides is 2. The zero-order chi connectivity index (χ0) is 15.4. The van der Waals surface area contributed by atoms with Crippen LogP contribution in [0.5, 0.6) is 0 Å². The molecule has 2 amide bonds. The first-order valence-corrected chi connectivity index (χ1v) is 6.62. The number of nitrogens with one attached hydrogen (secondary N) is 1. The summed E-state index contributed by atoms with van der Waals surface area (Å²) in [5.41, 5.74) is -0.197. The van der Waals surface area contributed by atoms with Crippen LogP contribution in [-0.4, -0.2) is 48.3 Å². The number of carbonyl (C=O) groups is 2. The number of carboxylic acids is 1. The second-order valence-electron chi connectivity index (χ2n) is 4.85. The Bertz CT molecular complexity index is 546. The molecule has 1 aliphatic carbocycles. The van der Waals surface area contributed by atoms with Crippen LogP contribution in [0.25, 0.3) is 0 Å². The Hall–Kier alpha value is -2.15. The summed E-state index contributed by atoms with van der Waals surface area (Å²) in [6, 6.07) is 3.36. The lowest BCUT2D eigenvalue weighted by atomic mass is 10.2. The van der Waals surface area contributed by atoms with Crippen molar-refractivity contribution in [3.63, 3.8) is 0 Å². The van der Waals surface area contributed by atoms with Crippen LogP contribution >= 0.6 is 0 Å². The Balaban J connectivity index is 2.04. The van der Waals surface area contributed by atoms with E-state index in [-0.39, 0.29) is 17.8 Å². The summed E-state index contributed by atoms with van der Waals surface area (Å²) < 4.78 is 18.5. The summed E-state index contributed by atoms with van der Waals surface area (Å²) in [6.45, 7) is 0.888. The van der Waals surface area contributed by atoms with Gasteiger partial charge >= 0.3 is 12.0 Å². The molecule has 0 aliphatic heterocycles. The molecule has 114 valence electrons. The van der Waals surface area contributed by atoms with E-state index >= 15 is 0 Å². The number of halogens is 1. The number of urea groups is 1. The molecule has 1 aliphatic rings. The van der Waals surface area contributed by atoms with Crippen LogP contribution in [0.4, 0.5) is 14.9 Å². The lowest BCUT2D eigenvalue weighted by Gasteiger charge is -2.22. The van der Waals surface area contributed by atoms with E-state index in [0.717, 1.165) is 25.0 Å². The van der Waals surface area contributed by atoms with Gasteiger partial charge < -0.3 is 20.1 Å². The third-order valence-electron chi connectivity index (χ3n) is 3.24. The molecular weight excluding hydrogens is 279 g/mol. The number of nitrogens with zero attached hydrogens (tertiary/aromatic N) is 1. The minimum Gasteiger partial charge on any atom is -0.478 e. The lowest BCUT2D eigenvalue weighted by Crippen LogP contribution is -2.39. The van der Waals surface area contributed by atoms with Crippen LogP contribution in [0, 0.1) is 5.82 Å². The minimum absolute atomic E-state index is 0.197. The van der Waals surface area contributed by atoms with Gasteiger partial charge in [-0.15, -0.1) is 0 Å². The van der Waals surface area contributed by atoms with Gasteiger partial charge in [-0.05, 0) is 31.0 Å². The maximum absolute atomic E-state index is 13.6. The van der Waals surface area contributed by atoms with Crippen molar-refractivity contribution in [1.82, 2.24) is 4.90 Å². The second kappa shape index (κ2) is 6.53. The van der Waals surface area contributed by atoms with E-state index in [1.54, 1.807) is 12.0 Å². The van der Waals surface area contributed by atoms with Crippen molar-refractivity contribution in [3.05, 3.63) is 29.6 Å². The molecular formula is C14H17FN2O4. The number of carbonyl (C=O) groups excluding carboxylic acids is 1. The van der Waals surface area contributed by atoms with Crippen LogP contribution in [0.3, 0.4) is 0 Å². The zero-order valence-corrected chi connectivity index (χ0v) is 11.6. The molecule has 0 aromatic heterocycles. The quantitative estimate of drug-likeness (QED) is 0.843. The molecule has 1 aromatic rings. The second-order valence-corrected chi connectivity index (χ2v) is 4.85. The van der Waals surface area contributed by atoms with Gasteiger partial charge in [0.25, 0.3) is 0 Å². The molecule has 0 heterocycles. The summed E-state index contributed by atoms with van der Waals surface area (Å²) in [5.74, 6) is -2.22. The Kier molecular flexibility index (Phi) is 4.74. The first-order chi connectivity index (χ1) is 10.0. The van der Waals surface area contributed by atoms with E-state index in [2.05, 4.69) is 5.32 Å². The Labute approximate surface area is 121 Å². The Morgan fingerprint density at radius 1 is 1.48 bits per heavy atom. The number of rotatable bonds is 6. The fourth-order valence-corrected chi connectivity index (χ4v) is 1.99. The number of hydrogen-bond acceptors (Lipinski definition) is 3. The number of aromatic carboxylic acids is 1. The van der Waals surface area contributed by atoms with Crippen LogP contribution < -0.4 is 5.32 Å². The molecule has 2 rings (SSSR count). The van der Waals surface area contributed by atoms with Crippen LogP contribution in [0.2, 0.25) is 0 Å². The van der Waals surface area contributed by atoms with Gasteiger partial charge in [0.1, 0.15) is 5.82 Å². The molecule has 0 saturated heterocycles. The van der Waals surface area contributed by atoms with Gasteiger partial charge in [0.05, 0.1) is 12.2 Å². The molecule has 1 fully saturated rings. The summed E-state index contributed by atoms with van der Waals surface area (Å²) in [6.07, 6.45) is 1.90. The molecule has 0 atom stereocenters. The van der Waals surface area contributed by atoms with E-state index in [4.69, 9.17) is 9.84 Å². The number of methoxy groups -OCH3 is 1. The maximum atomic E-state index is 13.6. The topological polar surface area (TPSA) is 78.9 Å². The molecule has 0 bridgehead atoms. The molecule has 21 heavy (non-hydrogen) atoms. The zero-order valence-electron chi connectivity index (χ0n) is 11.6. The average molecular weight is 296 g/mol. The fraction of sp³-hybridized carbons (Fsp3) is 0.429. The van der Waals surface area contributed by atoms with Crippen LogP contribution in [0.15, 0.2) is 18.2 Å². The number of ether oxygens (including phenoxy) is 1. The smallest absolute Gasteiger partial charge is 0.338 e. The lowest BCUT2D eigenvalue weighted by molar-refractivity contribution is 0.0692. The van der Waals surface area contributed by atoms with Gasteiger partial charge in [0.15, 0.2) is 0 Å². The van der Waals surface area contributed by atoms with Crippen LogP contribution in [-0.2, 0) is 4.74 Å². The first kappa shape index (κ1) is 15.2. The molecule has 0 unspecified atom stereocenters. The molecule has 0 radical (unpaired) electrons. The van der Waals surface area contributed by atoms with E-state index in [9.17, 15) is 14.0 Å². The molecule has 2 N–H and O–H groups in total. The van der Waals surface area contributed by atoms with Crippen molar-refractivity contribution in [2.75, 3.05) is 25.6 Å². The van der Waals surface area contributed by atoms with E-state index < -0.39 is 17.3 Å². The highest BCUT2D eigenvalue weighted by molar-refractivity contribution is 5.92. The minimum atomic E-state index is -1.34.